The lowest BCUT2D eigenvalue weighted by molar-refractivity contribution is -0.172. The van der Waals surface area contributed by atoms with E-state index in [2.05, 4.69) is 9.57 Å². The molecule has 2 heterocycles. The summed E-state index contributed by atoms with van der Waals surface area (Å²) in [5.41, 5.74) is -1.91. The van der Waals surface area contributed by atoms with Crippen LogP contribution in [0, 0.1) is 5.82 Å². The maximum Gasteiger partial charge on any atom is 0.371 e. The van der Waals surface area contributed by atoms with E-state index in [1.807, 2.05) is 0 Å². The molecule has 0 unspecified atom stereocenters. The number of amides is 2. The highest BCUT2D eigenvalue weighted by molar-refractivity contribution is 6.03. The first-order valence-corrected chi connectivity index (χ1v) is 7.30. The molecule has 1 aliphatic rings. The van der Waals surface area contributed by atoms with Crippen LogP contribution in [0.2, 0.25) is 0 Å². The molecule has 0 radical (unpaired) electrons. The van der Waals surface area contributed by atoms with Crippen molar-refractivity contribution in [2.75, 3.05) is 0 Å². The van der Waals surface area contributed by atoms with Crippen molar-refractivity contribution in [3.63, 3.8) is 0 Å². The third kappa shape index (κ3) is 3.16. The Morgan fingerprint density at radius 2 is 1.77 bits per heavy atom. The minimum absolute atomic E-state index is 0.00373. The molecule has 1 aromatic heterocycles. The Labute approximate surface area is 143 Å². The number of carbonyl (C=O) groups is 4. The third-order valence-electron chi connectivity index (χ3n) is 3.44. The van der Waals surface area contributed by atoms with E-state index in [1.165, 1.54) is 0 Å². The summed E-state index contributed by atoms with van der Waals surface area (Å²) in [5, 5.41) is 0.278. The van der Waals surface area contributed by atoms with Gasteiger partial charge in [0.2, 0.25) is 0 Å². The lowest BCUT2D eigenvalue weighted by Crippen LogP contribution is -2.33. The molecular weight excluding hydrogens is 353 g/mol. The van der Waals surface area contributed by atoms with Crippen molar-refractivity contribution >= 4 is 34.7 Å². The number of imide groups is 1. The summed E-state index contributed by atoms with van der Waals surface area (Å²) in [5.74, 6) is -4.88. The number of esters is 1. The molecular formula is C16H10FNO8. The Morgan fingerprint density at radius 3 is 2.38 bits per heavy atom. The molecule has 0 N–H and O–H groups in total. The van der Waals surface area contributed by atoms with Crippen LogP contribution in [0.25, 0.3) is 11.0 Å². The van der Waals surface area contributed by atoms with Gasteiger partial charge in [0.1, 0.15) is 11.1 Å². The highest BCUT2D eigenvalue weighted by atomic mass is 19.1. The molecule has 1 fully saturated rings. The predicted molar refractivity (Wildman–Crippen MR) is 80.3 cm³/mol. The van der Waals surface area contributed by atoms with E-state index in [4.69, 9.17) is 4.42 Å². The minimum Gasteiger partial charge on any atom is -0.423 e. The summed E-state index contributed by atoms with van der Waals surface area (Å²) in [6.45, 7) is 1.07. The largest absolute Gasteiger partial charge is 0.423 e. The van der Waals surface area contributed by atoms with Crippen LogP contribution in [0.15, 0.2) is 27.4 Å². The summed E-state index contributed by atoms with van der Waals surface area (Å²) in [6, 6.07) is 2.85. The van der Waals surface area contributed by atoms with Gasteiger partial charge in [0.25, 0.3) is 11.8 Å². The van der Waals surface area contributed by atoms with Crippen LogP contribution in [-0.4, -0.2) is 28.8 Å². The fourth-order valence-corrected chi connectivity index (χ4v) is 2.29. The van der Waals surface area contributed by atoms with E-state index < -0.39 is 46.5 Å². The number of halogens is 1. The summed E-state index contributed by atoms with van der Waals surface area (Å²) in [4.78, 5) is 62.5. The number of hydrogen-bond donors (Lipinski definition) is 0. The fraction of sp³-hybridized carbons (Fsp3) is 0.188. The number of hydroxylamine groups is 2. The molecule has 26 heavy (non-hydrogen) atoms. The maximum atomic E-state index is 13.9. The van der Waals surface area contributed by atoms with Gasteiger partial charge in [-0.25, -0.2) is 14.0 Å². The smallest absolute Gasteiger partial charge is 0.371 e. The predicted octanol–water partition coefficient (Wildman–Crippen LogP) is 1.08. The standard InChI is InChI=1S/C16H10FNO8/c1-7(19)24-12-6-11-8(5-10(12)17)4-9(15(22)25-11)16(23)26-18-13(20)2-3-14(18)21/h4-6H,2-3H2,1H3. The molecule has 10 heteroatoms. The molecule has 3 rings (SSSR count). The number of nitrogens with zero attached hydrogens (tertiary/aromatic N) is 1. The molecule has 0 bridgehead atoms. The van der Waals surface area contributed by atoms with Crippen LogP contribution in [0.3, 0.4) is 0 Å². The molecule has 2 amide bonds. The highest BCUT2D eigenvalue weighted by Gasteiger charge is 2.34. The first-order chi connectivity index (χ1) is 12.3. The first-order valence-electron chi connectivity index (χ1n) is 7.30. The van der Waals surface area contributed by atoms with E-state index in [0.717, 1.165) is 25.1 Å². The average molecular weight is 363 g/mol. The maximum absolute atomic E-state index is 13.9. The van der Waals surface area contributed by atoms with Crippen molar-refractivity contribution < 1.29 is 37.6 Å². The SMILES string of the molecule is CC(=O)Oc1cc2oc(=O)c(C(=O)ON3C(=O)CCC3=O)cc2cc1F. The van der Waals surface area contributed by atoms with Crippen LogP contribution in [0.5, 0.6) is 5.75 Å². The van der Waals surface area contributed by atoms with E-state index in [0.29, 0.717) is 0 Å². The van der Waals surface area contributed by atoms with E-state index in [1.54, 1.807) is 0 Å². The lowest BCUT2D eigenvalue weighted by atomic mass is 10.1. The molecule has 2 aromatic rings. The van der Waals surface area contributed by atoms with Crippen LogP contribution >= 0.6 is 0 Å². The Bertz CT molecular complexity index is 1010. The zero-order valence-electron chi connectivity index (χ0n) is 13.2. The van der Waals surface area contributed by atoms with Gasteiger partial charge in [0.15, 0.2) is 11.6 Å². The quantitative estimate of drug-likeness (QED) is 0.344. The lowest BCUT2D eigenvalue weighted by Gasteiger charge is -2.12. The zero-order valence-corrected chi connectivity index (χ0v) is 13.2. The highest BCUT2D eigenvalue weighted by Crippen LogP contribution is 2.25. The molecule has 0 spiro atoms. The zero-order chi connectivity index (χ0) is 19.0. The van der Waals surface area contributed by atoms with Crippen molar-refractivity contribution in [3.05, 3.63) is 40.0 Å². The second kappa shape index (κ2) is 6.39. The number of ether oxygens (including phenoxy) is 1. The molecule has 1 aliphatic heterocycles. The fourth-order valence-electron chi connectivity index (χ4n) is 2.29. The van der Waals surface area contributed by atoms with Crippen molar-refractivity contribution in [1.29, 1.82) is 0 Å². The summed E-state index contributed by atoms with van der Waals surface area (Å²) < 4.78 is 23.5. The molecule has 0 atom stereocenters. The van der Waals surface area contributed by atoms with Gasteiger partial charge in [0.05, 0.1) is 0 Å². The average Bonchev–Trinajstić information content (AvgIpc) is 2.87. The van der Waals surface area contributed by atoms with Gasteiger partial charge in [-0.05, 0) is 12.1 Å². The second-order valence-electron chi connectivity index (χ2n) is 5.32. The number of benzene rings is 1. The van der Waals surface area contributed by atoms with Crippen molar-refractivity contribution in [3.8, 4) is 5.75 Å². The van der Waals surface area contributed by atoms with Crippen LogP contribution in [0.1, 0.15) is 30.1 Å². The topological polar surface area (TPSA) is 120 Å². The number of rotatable bonds is 3. The Kier molecular flexibility index (Phi) is 4.24. The molecule has 0 aliphatic carbocycles. The van der Waals surface area contributed by atoms with Crippen molar-refractivity contribution in [2.45, 2.75) is 19.8 Å². The third-order valence-corrected chi connectivity index (χ3v) is 3.44. The van der Waals surface area contributed by atoms with Crippen molar-refractivity contribution in [1.82, 2.24) is 5.06 Å². The summed E-state index contributed by atoms with van der Waals surface area (Å²) in [6.07, 6.45) is -0.217. The number of carbonyl (C=O) groups excluding carboxylic acids is 4. The first kappa shape index (κ1) is 17.3. The van der Waals surface area contributed by atoms with Gasteiger partial charge in [0, 0.05) is 31.2 Å². The Morgan fingerprint density at radius 1 is 1.12 bits per heavy atom. The Balaban J connectivity index is 1.97. The molecule has 134 valence electrons. The van der Waals surface area contributed by atoms with E-state index in [9.17, 15) is 28.4 Å². The number of fused-ring (bicyclic) bond motifs is 1. The molecule has 9 nitrogen and oxygen atoms in total. The van der Waals surface area contributed by atoms with E-state index >= 15 is 0 Å². The minimum atomic E-state index is -1.30. The van der Waals surface area contributed by atoms with Crippen LogP contribution < -0.4 is 10.4 Å². The molecule has 0 saturated carbocycles. The van der Waals surface area contributed by atoms with Gasteiger partial charge < -0.3 is 14.0 Å². The van der Waals surface area contributed by atoms with Gasteiger partial charge >= 0.3 is 17.6 Å². The van der Waals surface area contributed by atoms with Gasteiger partial charge in [-0.3, -0.25) is 14.4 Å². The van der Waals surface area contributed by atoms with Gasteiger partial charge in [-0.1, -0.05) is 0 Å². The monoisotopic (exact) mass is 363 g/mol. The van der Waals surface area contributed by atoms with Crippen LogP contribution in [-0.2, 0) is 19.2 Å². The second-order valence-corrected chi connectivity index (χ2v) is 5.32. The van der Waals surface area contributed by atoms with Crippen molar-refractivity contribution in [2.24, 2.45) is 0 Å². The molecule has 1 saturated heterocycles. The van der Waals surface area contributed by atoms with E-state index in [-0.39, 0.29) is 28.9 Å². The summed E-state index contributed by atoms with van der Waals surface area (Å²) >= 11 is 0. The normalized spacial score (nSPS) is 14.0. The van der Waals surface area contributed by atoms with Gasteiger partial charge in [-0.2, -0.15) is 0 Å². The van der Waals surface area contributed by atoms with Gasteiger partial charge in [-0.15, -0.1) is 5.06 Å². The molecule has 1 aromatic carbocycles. The van der Waals surface area contributed by atoms with Crippen LogP contribution in [0.4, 0.5) is 4.39 Å². The Hall–Kier alpha value is -3.56. The summed E-state index contributed by atoms with van der Waals surface area (Å²) in [7, 11) is 0. The number of hydrogen-bond acceptors (Lipinski definition) is 8.